The van der Waals surface area contributed by atoms with Gasteiger partial charge in [0.15, 0.2) is 5.76 Å². The van der Waals surface area contributed by atoms with Gasteiger partial charge >= 0.3 is 0 Å². The van der Waals surface area contributed by atoms with Crippen molar-refractivity contribution in [3.63, 3.8) is 0 Å². The van der Waals surface area contributed by atoms with Crippen LogP contribution in [0.3, 0.4) is 0 Å². The SMILES string of the molecule is Cc1cccc(OCc2ccc(-c3nc(C#N)c(NCCCn4ccnc4)o3)o2)c1. The molecule has 0 fully saturated rings. The molecule has 0 aliphatic rings. The van der Waals surface area contributed by atoms with Gasteiger partial charge in [-0.15, -0.1) is 0 Å². The highest BCUT2D eigenvalue weighted by molar-refractivity contribution is 5.54. The molecule has 152 valence electrons. The zero-order chi connectivity index (χ0) is 20.8. The van der Waals surface area contributed by atoms with Crippen LogP contribution in [0.5, 0.6) is 5.75 Å². The van der Waals surface area contributed by atoms with Crippen molar-refractivity contribution in [2.24, 2.45) is 0 Å². The monoisotopic (exact) mass is 403 g/mol. The molecular weight excluding hydrogens is 382 g/mol. The summed E-state index contributed by atoms with van der Waals surface area (Å²) < 4.78 is 19.2. The van der Waals surface area contributed by atoms with E-state index in [1.165, 1.54) is 0 Å². The summed E-state index contributed by atoms with van der Waals surface area (Å²) >= 11 is 0. The number of aromatic nitrogens is 3. The van der Waals surface area contributed by atoms with Crippen LogP contribution in [0.4, 0.5) is 5.88 Å². The molecule has 0 unspecified atom stereocenters. The van der Waals surface area contributed by atoms with E-state index in [1.54, 1.807) is 24.7 Å². The standard InChI is InChI=1S/C22H21N5O3/c1-16-4-2-5-17(12-16)28-14-18-6-7-20(29-18)22-26-19(13-23)21(30-22)25-8-3-10-27-11-9-24-15-27/h2,4-7,9,11-12,15,25H,3,8,10,14H2,1H3. The second-order valence-electron chi connectivity index (χ2n) is 6.76. The third kappa shape index (κ3) is 4.70. The van der Waals surface area contributed by atoms with Crippen LogP contribution < -0.4 is 10.1 Å². The molecule has 4 aromatic rings. The van der Waals surface area contributed by atoms with E-state index in [0.29, 0.717) is 23.9 Å². The van der Waals surface area contributed by atoms with Crippen molar-refractivity contribution in [2.45, 2.75) is 26.5 Å². The van der Waals surface area contributed by atoms with E-state index in [1.807, 2.05) is 42.0 Å². The van der Waals surface area contributed by atoms with Gasteiger partial charge in [-0.2, -0.15) is 10.2 Å². The number of hydrogen-bond acceptors (Lipinski definition) is 7. The summed E-state index contributed by atoms with van der Waals surface area (Å²) in [7, 11) is 0. The summed E-state index contributed by atoms with van der Waals surface area (Å²) in [5.41, 5.74) is 1.32. The minimum absolute atomic E-state index is 0.196. The number of ether oxygens (including phenoxy) is 1. The molecule has 30 heavy (non-hydrogen) atoms. The van der Waals surface area contributed by atoms with E-state index in [9.17, 15) is 5.26 Å². The van der Waals surface area contributed by atoms with Crippen molar-refractivity contribution in [1.82, 2.24) is 14.5 Å². The molecule has 0 amide bonds. The maximum absolute atomic E-state index is 9.35. The Morgan fingerprint density at radius 1 is 1.23 bits per heavy atom. The predicted molar refractivity (Wildman–Crippen MR) is 110 cm³/mol. The Labute approximate surface area is 173 Å². The third-order valence-electron chi connectivity index (χ3n) is 4.41. The number of nitrogens with zero attached hydrogens (tertiary/aromatic N) is 4. The summed E-state index contributed by atoms with van der Waals surface area (Å²) in [5, 5.41) is 12.5. The molecule has 0 aliphatic heterocycles. The number of nitriles is 1. The van der Waals surface area contributed by atoms with Crippen LogP contribution >= 0.6 is 0 Å². The van der Waals surface area contributed by atoms with Crippen molar-refractivity contribution in [1.29, 1.82) is 5.26 Å². The molecule has 3 heterocycles. The fourth-order valence-electron chi connectivity index (χ4n) is 2.93. The number of furan rings is 1. The van der Waals surface area contributed by atoms with Crippen molar-refractivity contribution < 1.29 is 13.6 Å². The van der Waals surface area contributed by atoms with Gasteiger partial charge in [-0.05, 0) is 43.2 Å². The van der Waals surface area contributed by atoms with E-state index in [4.69, 9.17) is 13.6 Å². The van der Waals surface area contributed by atoms with Crippen LogP contribution in [0.2, 0.25) is 0 Å². The lowest BCUT2D eigenvalue weighted by molar-refractivity contribution is 0.271. The summed E-state index contributed by atoms with van der Waals surface area (Å²) in [6.45, 7) is 3.75. The predicted octanol–water partition coefficient (Wildman–Crippen LogP) is 4.39. The second kappa shape index (κ2) is 9.01. The number of aryl methyl sites for hydroxylation is 2. The van der Waals surface area contributed by atoms with Crippen molar-refractivity contribution in [3.05, 3.63) is 72.1 Å². The topological polar surface area (TPSA) is 102 Å². The lowest BCUT2D eigenvalue weighted by Crippen LogP contribution is -2.06. The zero-order valence-electron chi connectivity index (χ0n) is 16.5. The summed E-state index contributed by atoms with van der Waals surface area (Å²) in [5.74, 6) is 2.45. The van der Waals surface area contributed by atoms with Crippen LogP contribution in [-0.2, 0) is 13.2 Å². The molecular formula is C22H21N5O3. The first-order valence-electron chi connectivity index (χ1n) is 9.60. The molecule has 1 N–H and O–H groups in total. The number of oxazole rings is 1. The Hall–Kier alpha value is -3.99. The van der Waals surface area contributed by atoms with Gasteiger partial charge in [-0.3, -0.25) is 0 Å². The van der Waals surface area contributed by atoms with E-state index < -0.39 is 0 Å². The largest absolute Gasteiger partial charge is 0.486 e. The van der Waals surface area contributed by atoms with Crippen LogP contribution in [0.15, 0.2) is 64.0 Å². The Balaban J connectivity index is 1.36. The second-order valence-corrected chi connectivity index (χ2v) is 6.76. The number of benzene rings is 1. The molecule has 8 heteroatoms. The van der Waals surface area contributed by atoms with E-state index in [2.05, 4.69) is 21.4 Å². The van der Waals surface area contributed by atoms with Gasteiger partial charge in [0.25, 0.3) is 5.89 Å². The molecule has 4 rings (SSSR count). The van der Waals surface area contributed by atoms with Crippen LogP contribution in [-0.4, -0.2) is 21.1 Å². The zero-order valence-corrected chi connectivity index (χ0v) is 16.5. The first-order valence-corrected chi connectivity index (χ1v) is 9.60. The van der Waals surface area contributed by atoms with Gasteiger partial charge in [0.1, 0.15) is 24.2 Å². The molecule has 0 radical (unpaired) electrons. The quantitative estimate of drug-likeness (QED) is 0.413. The van der Waals surface area contributed by atoms with Crippen LogP contribution in [0.1, 0.15) is 23.4 Å². The number of anilines is 1. The van der Waals surface area contributed by atoms with Gasteiger partial charge in [0.05, 0.1) is 6.33 Å². The maximum Gasteiger partial charge on any atom is 0.266 e. The van der Waals surface area contributed by atoms with Crippen molar-refractivity contribution in [3.8, 4) is 23.5 Å². The van der Waals surface area contributed by atoms with Gasteiger partial charge < -0.3 is 23.5 Å². The average molecular weight is 403 g/mol. The molecule has 8 nitrogen and oxygen atoms in total. The van der Waals surface area contributed by atoms with E-state index >= 15 is 0 Å². The number of hydrogen-bond donors (Lipinski definition) is 1. The Morgan fingerprint density at radius 3 is 2.97 bits per heavy atom. The Bertz CT molecular complexity index is 1140. The molecule has 0 bridgehead atoms. The molecule has 0 saturated carbocycles. The van der Waals surface area contributed by atoms with Gasteiger partial charge in [-0.25, -0.2) is 4.98 Å². The van der Waals surface area contributed by atoms with Crippen LogP contribution in [0.25, 0.3) is 11.7 Å². The van der Waals surface area contributed by atoms with E-state index in [-0.39, 0.29) is 18.2 Å². The highest BCUT2D eigenvalue weighted by Crippen LogP contribution is 2.27. The van der Waals surface area contributed by atoms with Gasteiger partial charge in [0, 0.05) is 25.5 Å². The molecule has 3 aromatic heterocycles. The maximum atomic E-state index is 9.35. The minimum atomic E-state index is 0.196. The lowest BCUT2D eigenvalue weighted by Gasteiger charge is -2.04. The minimum Gasteiger partial charge on any atom is -0.486 e. The first kappa shape index (κ1) is 19.3. The summed E-state index contributed by atoms with van der Waals surface area (Å²) in [6.07, 6.45) is 6.26. The molecule has 1 aromatic carbocycles. The first-order chi connectivity index (χ1) is 14.7. The van der Waals surface area contributed by atoms with Crippen LogP contribution in [0, 0.1) is 18.3 Å². The van der Waals surface area contributed by atoms with Crippen molar-refractivity contribution >= 4 is 5.88 Å². The molecule has 0 atom stereocenters. The van der Waals surface area contributed by atoms with Crippen molar-refractivity contribution in [2.75, 3.05) is 11.9 Å². The Morgan fingerprint density at radius 2 is 2.17 bits per heavy atom. The fraction of sp³-hybridized carbons (Fsp3) is 0.227. The smallest absolute Gasteiger partial charge is 0.266 e. The molecule has 0 aliphatic carbocycles. The number of nitrogens with one attached hydrogen (secondary N) is 1. The molecule has 0 saturated heterocycles. The highest BCUT2D eigenvalue weighted by atomic mass is 16.5. The summed E-state index contributed by atoms with van der Waals surface area (Å²) in [6, 6.07) is 13.4. The van der Waals surface area contributed by atoms with E-state index in [0.717, 1.165) is 24.3 Å². The number of rotatable bonds is 9. The highest BCUT2D eigenvalue weighted by Gasteiger charge is 2.17. The fourth-order valence-corrected chi connectivity index (χ4v) is 2.93. The normalized spacial score (nSPS) is 10.7. The molecule has 0 spiro atoms. The summed E-state index contributed by atoms with van der Waals surface area (Å²) in [4.78, 5) is 8.24. The van der Waals surface area contributed by atoms with Gasteiger partial charge in [0.2, 0.25) is 11.6 Å². The Kier molecular flexibility index (Phi) is 5.80. The third-order valence-corrected chi connectivity index (χ3v) is 4.41. The number of imidazole rings is 1. The van der Waals surface area contributed by atoms with Gasteiger partial charge in [-0.1, -0.05) is 12.1 Å². The average Bonchev–Trinajstić information content (AvgIpc) is 3.50. The lowest BCUT2D eigenvalue weighted by atomic mass is 10.2.